The predicted octanol–water partition coefficient (Wildman–Crippen LogP) is 6.53. The van der Waals surface area contributed by atoms with Crippen LogP contribution in [0.4, 0.5) is 17.6 Å². The summed E-state index contributed by atoms with van der Waals surface area (Å²) in [4.78, 5) is 10.2. The van der Waals surface area contributed by atoms with Gasteiger partial charge in [-0.05, 0) is 55.9 Å². The molecule has 0 spiro atoms. The van der Waals surface area contributed by atoms with Gasteiger partial charge in [0, 0.05) is 17.7 Å². The molecule has 1 aromatic carbocycles. The Labute approximate surface area is 210 Å². The number of hydrogen-bond donors (Lipinski definition) is 4. The number of aliphatic hydroxyl groups is 1. The summed E-state index contributed by atoms with van der Waals surface area (Å²) < 4.78 is 54.8. The first-order chi connectivity index (χ1) is 16.6. The molecule has 0 saturated carbocycles. The fourth-order valence-corrected chi connectivity index (χ4v) is 3.39. The quantitative estimate of drug-likeness (QED) is 0.152. The minimum absolute atomic E-state index is 0.00165. The standard InChI is InChI=1S/C20H25F4NO2.C7H12O2/c1-4-6-7-8-15(25)12-19(27,20(22,23)24)13-18(3,5-2)16-11-14(21)9-10-17(16)26;1-3-4-5-6(2)7(8)9/h4,6-11,26-27H,1,5,12-13,25H2,2-3H3;4-6H,3H2,1-2H3,(H,8,9)/b7-6+,15-8-;5-4-. The molecule has 0 aromatic heterocycles. The highest BCUT2D eigenvalue weighted by molar-refractivity contribution is 5.71. The summed E-state index contributed by atoms with van der Waals surface area (Å²) in [5.41, 5.74) is 0.993. The third kappa shape index (κ3) is 10.3. The van der Waals surface area contributed by atoms with Gasteiger partial charge in [-0.3, -0.25) is 4.79 Å². The number of halogens is 4. The fraction of sp³-hybridized carbons (Fsp3) is 0.444. The molecule has 0 aliphatic rings. The molecule has 0 aliphatic carbocycles. The van der Waals surface area contributed by atoms with E-state index in [-0.39, 0.29) is 29.3 Å². The fourth-order valence-electron chi connectivity index (χ4n) is 3.39. The third-order valence-corrected chi connectivity index (χ3v) is 5.70. The van der Waals surface area contributed by atoms with Crippen molar-refractivity contribution in [3.63, 3.8) is 0 Å². The second-order valence-electron chi connectivity index (χ2n) is 8.78. The Bertz CT molecular complexity index is 956. The van der Waals surface area contributed by atoms with Gasteiger partial charge in [-0.25, -0.2) is 4.39 Å². The molecule has 3 unspecified atom stereocenters. The topological polar surface area (TPSA) is 104 Å². The summed E-state index contributed by atoms with van der Waals surface area (Å²) >= 11 is 0. The Morgan fingerprint density at radius 3 is 2.31 bits per heavy atom. The van der Waals surface area contributed by atoms with E-state index in [0.29, 0.717) is 0 Å². The first kappa shape index (κ1) is 32.9. The zero-order chi connectivity index (χ0) is 28.2. The number of alkyl halides is 3. The van der Waals surface area contributed by atoms with Crippen LogP contribution in [0, 0.1) is 11.7 Å². The van der Waals surface area contributed by atoms with Crippen molar-refractivity contribution < 1.29 is 37.7 Å². The lowest BCUT2D eigenvalue weighted by Gasteiger charge is -2.40. The van der Waals surface area contributed by atoms with Crippen molar-refractivity contribution in [2.75, 3.05) is 0 Å². The van der Waals surface area contributed by atoms with Crippen molar-refractivity contribution in [1.82, 2.24) is 0 Å². The summed E-state index contributed by atoms with van der Waals surface area (Å²) in [7, 11) is 0. The molecular formula is C27H37F4NO4. The van der Waals surface area contributed by atoms with E-state index in [0.717, 1.165) is 24.6 Å². The molecule has 5 nitrogen and oxygen atoms in total. The second-order valence-corrected chi connectivity index (χ2v) is 8.78. The number of nitrogens with two attached hydrogens (primary N) is 1. The van der Waals surface area contributed by atoms with Gasteiger partial charge in [0.1, 0.15) is 11.6 Å². The van der Waals surface area contributed by atoms with Gasteiger partial charge in [-0.15, -0.1) is 0 Å². The number of rotatable bonds is 11. The molecule has 1 rings (SSSR count). The molecule has 1 aromatic rings. The number of phenolic OH excluding ortho intramolecular Hbond substituents is 1. The summed E-state index contributed by atoms with van der Waals surface area (Å²) in [6.07, 6.45) is 3.54. The Kier molecular flexibility index (Phi) is 13.2. The van der Waals surface area contributed by atoms with E-state index >= 15 is 0 Å². The van der Waals surface area contributed by atoms with Crippen LogP contribution in [0.2, 0.25) is 0 Å². The van der Waals surface area contributed by atoms with Gasteiger partial charge in [-0.2, -0.15) is 13.2 Å². The zero-order valence-electron chi connectivity index (χ0n) is 21.1. The number of hydrogen-bond acceptors (Lipinski definition) is 4. The van der Waals surface area contributed by atoms with Crippen molar-refractivity contribution in [3.8, 4) is 5.75 Å². The van der Waals surface area contributed by atoms with Gasteiger partial charge in [0.05, 0.1) is 5.92 Å². The number of carboxylic acids is 1. The highest BCUT2D eigenvalue weighted by atomic mass is 19.4. The highest BCUT2D eigenvalue weighted by Gasteiger charge is 2.56. The molecule has 36 heavy (non-hydrogen) atoms. The minimum atomic E-state index is -4.98. The van der Waals surface area contributed by atoms with Crippen LogP contribution in [0.5, 0.6) is 5.75 Å². The largest absolute Gasteiger partial charge is 0.508 e. The van der Waals surface area contributed by atoms with Crippen LogP contribution < -0.4 is 5.73 Å². The van der Waals surface area contributed by atoms with Crippen molar-refractivity contribution in [1.29, 1.82) is 0 Å². The maximum absolute atomic E-state index is 13.7. The lowest BCUT2D eigenvalue weighted by Crippen LogP contribution is -2.50. The van der Waals surface area contributed by atoms with Gasteiger partial charge in [-0.1, -0.05) is 57.7 Å². The SMILES string of the molecule is C=C/C=C/C=C(\N)CC(O)(CC(C)(CC)c1cc(F)ccc1O)C(F)(F)F.CC/C=C\C(C)C(=O)O. The average Bonchev–Trinajstić information content (AvgIpc) is 2.78. The van der Waals surface area contributed by atoms with Crippen LogP contribution in [0.15, 0.2) is 66.9 Å². The van der Waals surface area contributed by atoms with Gasteiger partial charge in [0.2, 0.25) is 0 Å². The second kappa shape index (κ2) is 14.5. The summed E-state index contributed by atoms with van der Waals surface area (Å²) in [5.74, 6) is -2.13. The number of phenols is 1. The van der Waals surface area contributed by atoms with Crippen LogP contribution in [-0.2, 0) is 10.2 Å². The number of carbonyl (C=O) groups is 1. The number of aromatic hydroxyl groups is 1. The van der Waals surface area contributed by atoms with Crippen LogP contribution in [0.3, 0.4) is 0 Å². The van der Waals surface area contributed by atoms with E-state index in [2.05, 4.69) is 6.58 Å². The average molecular weight is 516 g/mol. The van der Waals surface area contributed by atoms with Gasteiger partial charge < -0.3 is 21.1 Å². The van der Waals surface area contributed by atoms with Gasteiger partial charge >= 0.3 is 12.1 Å². The molecule has 0 saturated heterocycles. The Morgan fingerprint density at radius 1 is 1.22 bits per heavy atom. The molecule has 0 radical (unpaired) electrons. The first-order valence-corrected chi connectivity index (χ1v) is 11.5. The summed E-state index contributed by atoms with van der Waals surface area (Å²) in [5, 5.41) is 28.9. The van der Waals surface area contributed by atoms with E-state index in [1.54, 1.807) is 19.9 Å². The minimum Gasteiger partial charge on any atom is -0.508 e. The van der Waals surface area contributed by atoms with Gasteiger partial charge in [0.15, 0.2) is 5.60 Å². The van der Waals surface area contributed by atoms with Crippen molar-refractivity contribution >= 4 is 5.97 Å². The van der Waals surface area contributed by atoms with E-state index in [4.69, 9.17) is 10.8 Å². The molecule has 0 amide bonds. The van der Waals surface area contributed by atoms with E-state index in [1.165, 1.54) is 31.2 Å². The lowest BCUT2D eigenvalue weighted by molar-refractivity contribution is -0.266. The lowest BCUT2D eigenvalue weighted by atomic mass is 9.70. The smallest absolute Gasteiger partial charge is 0.417 e. The normalized spacial score (nSPS) is 16.6. The van der Waals surface area contributed by atoms with Crippen LogP contribution in [-0.4, -0.2) is 33.1 Å². The molecule has 202 valence electrons. The molecular weight excluding hydrogens is 478 g/mol. The molecule has 0 heterocycles. The van der Waals surface area contributed by atoms with E-state index in [1.807, 2.05) is 13.0 Å². The maximum atomic E-state index is 13.7. The molecule has 0 bridgehead atoms. The number of aliphatic carboxylic acids is 1. The van der Waals surface area contributed by atoms with Crippen LogP contribution in [0.1, 0.15) is 58.9 Å². The van der Waals surface area contributed by atoms with Crippen molar-refractivity contribution in [3.05, 3.63) is 78.3 Å². The zero-order valence-corrected chi connectivity index (χ0v) is 21.1. The predicted molar refractivity (Wildman–Crippen MR) is 134 cm³/mol. The van der Waals surface area contributed by atoms with Crippen molar-refractivity contribution in [2.45, 2.75) is 70.6 Å². The van der Waals surface area contributed by atoms with Crippen LogP contribution >= 0.6 is 0 Å². The van der Waals surface area contributed by atoms with E-state index in [9.17, 15) is 32.6 Å². The molecule has 3 atom stereocenters. The monoisotopic (exact) mass is 515 g/mol. The molecule has 9 heteroatoms. The molecule has 5 N–H and O–H groups in total. The maximum Gasteiger partial charge on any atom is 0.417 e. The molecule has 0 aliphatic heterocycles. The Balaban J connectivity index is 0.00000115. The summed E-state index contributed by atoms with van der Waals surface area (Å²) in [6.45, 7) is 10.1. The molecule has 0 fully saturated rings. The third-order valence-electron chi connectivity index (χ3n) is 5.70. The number of benzene rings is 1. The summed E-state index contributed by atoms with van der Waals surface area (Å²) in [6, 6.07) is 3.08. The van der Waals surface area contributed by atoms with E-state index < -0.39 is 41.8 Å². The Morgan fingerprint density at radius 2 is 1.83 bits per heavy atom. The highest BCUT2D eigenvalue weighted by Crippen LogP contribution is 2.47. The number of carboxylic acid groups (broad SMARTS) is 1. The number of allylic oxidation sites excluding steroid dienone is 5. The Hall–Kier alpha value is -3.07. The van der Waals surface area contributed by atoms with Crippen LogP contribution in [0.25, 0.3) is 0 Å². The first-order valence-electron chi connectivity index (χ1n) is 11.5. The van der Waals surface area contributed by atoms with Crippen molar-refractivity contribution in [2.24, 2.45) is 11.7 Å². The van der Waals surface area contributed by atoms with Gasteiger partial charge in [0.25, 0.3) is 0 Å².